The number of Topliss-reactive ketones (excluding diaryl/α,β-unsaturated/α-hetero) is 1. The van der Waals surface area contributed by atoms with Crippen molar-refractivity contribution in [2.24, 2.45) is 0 Å². The van der Waals surface area contributed by atoms with Crippen LogP contribution in [0.1, 0.15) is 29.1 Å². The number of carbonyl (C=O) groups excluding carboxylic acids is 2. The number of nitrogens with one attached hydrogen (secondary N) is 1. The quantitative estimate of drug-likeness (QED) is 0.589. The van der Waals surface area contributed by atoms with Crippen molar-refractivity contribution in [2.75, 3.05) is 0 Å². The van der Waals surface area contributed by atoms with Gasteiger partial charge in [0.2, 0.25) is 12.2 Å². The number of hydrogen-bond donors (Lipinski definition) is 1. The van der Waals surface area contributed by atoms with Gasteiger partial charge in [-0.1, -0.05) is 30.3 Å². The average molecular weight is 272 g/mol. The van der Waals surface area contributed by atoms with Gasteiger partial charge in [0.05, 0.1) is 6.20 Å². The van der Waals surface area contributed by atoms with E-state index in [0.29, 0.717) is 12.8 Å². The Hall–Kier alpha value is -2.43. The lowest BCUT2D eigenvalue weighted by Gasteiger charge is -2.14. The van der Waals surface area contributed by atoms with E-state index in [1.807, 2.05) is 30.3 Å². The minimum atomic E-state index is -0.216. The molecule has 0 unspecified atom stereocenters. The SMILES string of the molecule is O=CN[C@@H](CCc1ccccc1)CC(=O)c1ncco1. The lowest BCUT2D eigenvalue weighted by molar-refractivity contribution is -0.110. The van der Waals surface area contributed by atoms with Crippen molar-refractivity contribution in [3.05, 3.63) is 54.2 Å². The summed E-state index contributed by atoms with van der Waals surface area (Å²) in [5, 5.41) is 2.67. The van der Waals surface area contributed by atoms with E-state index in [-0.39, 0.29) is 24.1 Å². The molecule has 0 aliphatic rings. The van der Waals surface area contributed by atoms with Crippen molar-refractivity contribution >= 4 is 12.2 Å². The van der Waals surface area contributed by atoms with Gasteiger partial charge in [-0.2, -0.15) is 0 Å². The summed E-state index contributed by atoms with van der Waals surface area (Å²) >= 11 is 0. The normalized spacial score (nSPS) is 11.8. The number of hydrogen-bond acceptors (Lipinski definition) is 4. The van der Waals surface area contributed by atoms with Crippen molar-refractivity contribution in [3.8, 4) is 0 Å². The molecule has 1 heterocycles. The summed E-state index contributed by atoms with van der Waals surface area (Å²) in [5.41, 5.74) is 1.17. The fourth-order valence-corrected chi connectivity index (χ4v) is 2.00. The molecule has 1 atom stereocenters. The molecule has 0 fully saturated rings. The zero-order valence-corrected chi connectivity index (χ0v) is 11.0. The molecule has 1 aromatic carbocycles. The van der Waals surface area contributed by atoms with Gasteiger partial charge < -0.3 is 9.73 Å². The molecular formula is C15H16N2O3. The molecule has 0 spiro atoms. The van der Waals surface area contributed by atoms with Gasteiger partial charge in [0.25, 0.3) is 5.89 Å². The van der Waals surface area contributed by atoms with Crippen molar-refractivity contribution in [1.29, 1.82) is 0 Å². The van der Waals surface area contributed by atoms with Gasteiger partial charge in [0.15, 0.2) is 0 Å². The van der Waals surface area contributed by atoms with E-state index in [1.54, 1.807) is 0 Å². The van der Waals surface area contributed by atoms with Gasteiger partial charge in [-0.3, -0.25) is 9.59 Å². The number of carbonyl (C=O) groups is 2. The topological polar surface area (TPSA) is 72.2 Å². The minimum absolute atomic E-state index is 0.0856. The van der Waals surface area contributed by atoms with Crippen molar-refractivity contribution in [1.82, 2.24) is 10.3 Å². The van der Waals surface area contributed by atoms with E-state index in [9.17, 15) is 9.59 Å². The molecule has 2 rings (SSSR count). The summed E-state index contributed by atoms with van der Waals surface area (Å²) in [6.45, 7) is 0. The number of aromatic nitrogens is 1. The second kappa shape index (κ2) is 7.23. The Bertz CT molecular complexity index is 538. The second-order valence-electron chi connectivity index (χ2n) is 4.47. The highest BCUT2D eigenvalue weighted by Crippen LogP contribution is 2.10. The molecule has 5 nitrogen and oxygen atoms in total. The third-order valence-corrected chi connectivity index (χ3v) is 3.03. The van der Waals surface area contributed by atoms with Crippen LogP contribution in [0.3, 0.4) is 0 Å². The maximum atomic E-state index is 11.9. The summed E-state index contributed by atoms with van der Waals surface area (Å²) in [4.78, 5) is 26.3. The van der Waals surface area contributed by atoms with Crippen molar-refractivity contribution in [2.45, 2.75) is 25.3 Å². The Morgan fingerprint density at radius 3 is 2.80 bits per heavy atom. The first-order chi connectivity index (χ1) is 9.79. The molecule has 104 valence electrons. The highest BCUT2D eigenvalue weighted by Gasteiger charge is 2.17. The number of ketones is 1. The van der Waals surface area contributed by atoms with Crippen molar-refractivity contribution < 1.29 is 14.0 Å². The largest absolute Gasteiger partial charge is 0.442 e. The zero-order chi connectivity index (χ0) is 14.2. The molecule has 1 amide bonds. The van der Waals surface area contributed by atoms with E-state index in [0.717, 1.165) is 6.42 Å². The van der Waals surface area contributed by atoms with Gasteiger partial charge in [0.1, 0.15) is 6.26 Å². The van der Waals surface area contributed by atoms with Crippen LogP contribution in [0, 0.1) is 0 Å². The minimum Gasteiger partial charge on any atom is -0.442 e. The van der Waals surface area contributed by atoms with Crippen LogP contribution in [0.2, 0.25) is 0 Å². The lowest BCUT2D eigenvalue weighted by Crippen LogP contribution is -2.31. The number of aryl methyl sites for hydroxylation is 1. The van der Waals surface area contributed by atoms with Crippen LogP contribution in [-0.4, -0.2) is 23.2 Å². The maximum Gasteiger partial charge on any atom is 0.263 e. The fourth-order valence-electron chi connectivity index (χ4n) is 2.00. The maximum absolute atomic E-state index is 11.9. The first-order valence-corrected chi connectivity index (χ1v) is 6.46. The smallest absolute Gasteiger partial charge is 0.263 e. The molecule has 0 saturated heterocycles. The zero-order valence-electron chi connectivity index (χ0n) is 11.0. The van der Waals surface area contributed by atoms with Gasteiger partial charge >= 0.3 is 0 Å². The monoisotopic (exact) mass is 272 g/mol. The van der Waals surface area contributed by atoms with Gasteiger partial charge in [-0.25, -0.2) is 4.98 Å². The van der Waals surface area contributed by atoms with Crippen LogP contribution in [0.5, 0.6) is 0 Å². The summed E-state index contributed by atoms with van der Waals surface area (Å²) in [7, 11) is 0. The lowest BCUT2D eigenvalue weighted by atomic mass is 10.0. The molecule has 1 aromatic heterocycles. The predicted molar refractivity (Wildman–Crippen MR) is 73.2 cm³/mol. The second-order valence-corrected chi connectivity index (χ2v) is 4.47. The van der Waals surface area contributed by atoms with Crippen LogP contribution in [-0.2, 0) is 11.2 Å². The number of amides is 1. The Morgan fingerprint density at radius 2 is 2.15 bits per heavy atom. The standard InChI is InChI=1S/C15H16N2O3/c18-11-17-13(7-6-12-4-2-1-3-5-12)10-14(19)15-16-8-9-20-15/h1-5,8-9,11,13H,6-7,10H2,(H,17,18)/t13-/m0/s1. The highest BCUT2D eigenvalue weighted by molar-refractivity contribution is 5.92. The Morgan fingerprint density at radius 1 is 1.35 bits per heavy atom. The summed E-state index contributed by atoms with van der Waals surface area (Å²) in [6, 6.07) is 9.72. The molecule has 0 radical (unpaired) electrons. The number of oxazole rings is 1. The molecule has 0 saturated carbocycles. The molecular weight excluding hydrogens is 256 g/mol. The van der Waals surface area contributed by atoms with E-state index in [2.05, 4.69) is 10.3 Å². The van der Waals surface area contributed by atoms with E-state index < -0.39 is 0 Å². The third-order valence-electron chi connectivity index (χ3n) is 3.03. The van der Waals surface area contributed by atoms with Crippen LogP contribution < -0.4 is 5.32 Å². The predicted octanol–water partition coefficient (Wildman–Crippen LogP) is 1.99. The average Bonchev–Trinajstić information content (AvgIpc) is 3.00. The number of nitrogens with zero attached hydrogens (tertiary/aromatic N) is 1. The molecule has 2 aromatic rings. The van der Waals surface area contributed by atoms with Gasteiger partial charge in [-0.05, 0) is 18.4 Å². The van der Waals surface area contributed by atoms with Crippen molar-refractivity contribution in [3.63, 3.8) is 0 Å². The number of benzene rings is 1. The first kappa shape index (κ1) is 14.0. The van der Waals surface area contributed by atoms with Gasteiger partial charge in [-0.15, -0.1) is 0 Å². The summed E-state index contributed by atoms with van der Waals surface area (Å²) < 4.78 is 4.96. The van der Waals surface area contributed by atoms with Crippen LogP contribution in [0.15, 0.2) is 47.2 Å². The molecule has 0 aliphatic heterocycles. The molecule has 1 N–H and O–H groups in total. The van der Waals surface area contributed by atoms with Crippen LogP contribution >= 0.6 is 0 Å². The Balaban J connectivity index is 1.90. The van der Waals surface area contributed by atoms with E-state index in [4.69, 9.17) is 4.42 Å². The fraction of sp³-hybridized carbons (Fsp3) is 0.267. The van der Waals surface area contributed by atoms with Crippen LogP contribution in [0.4, 0.5) is 0 Å². The number of rotatable bonds is 8. The highest BCUT2D eigenvalue weighted by atomic mass is 16.3. The Labute approximate surface area is 117 Å². The first-order valence-electron chi connectivity index (χ1n) is 6.46. The molecule has 20 heavy (non-hydrogen) atoms. The third kappa shape index (κ3) is 4.05. The molecule has 0 aliphatic carbocycles. The summed E-state index contributed by atoms with van der Waals surface area (Å²) in [6.07, 6.45) is 5.09. The van der Waals surface area contributed by atoms with E-state index in [1.165, 1.54) is 18.0 Å². The summed E-state index contributed by atoms with van der Waals surface area (Å²) in [5.74, 6) is -0.121. The molecule has 5 heteroatoms. The van der Waals surface area contributed by atoms with Crippen LogP contribution in [0.25, 0.3) is 0 Å². The Kier molecular flexibility index (Phi) is 5.06. The van der Waals surface area contributed by atoms with Gasteiger partial charge in [0, 0.05) is 12.5 Å². The molecule has 0 bridgehead atoms. The van der Waals surface area contributed by atoms with E-state index >= 15 is 0 Å².